The van der Waals surface area contributed by atoms with Crippen molar-refractivity contribution in [2.24, 2.45) is 5.73 Å². The largest absolute Gasteiger partial charge is 0.496 e. The molecule has 0 aromatic heterocycles. The van der Waals surface area contributed by atoms with Gasteiger partial charge in [-0.05, 0) is 18.9 Å². The van der Waals surface area contributed by atoms with E-state index in [9.17, 15) is 4.79 Å². The molecule has 0 atom stereocenters. The Morgan fingerprint density at radius 2 is 1.88 bits per heavy atom. The Morgan fingerprint density at radius 1 is 1.21 bits per heavy atom. The van der Waals surface area contributed by atoms with Gasteiger partial charge in [-0.15, -0.1) is 0 Å². The molecule has 1 amide bonds. The normalized spacial score (nSPS) is 21.5. The minimum atomic E-state index is -0.733. The highest BCUT2D eigenvalue weighted by molar-refractivity contribution is 5.86. The van der Waals surface area contributed by atoms with Gasteiger partial charge in [0, 0.05) is 51.5 Å². The summed E-state index contributed by atoms with van der Waals surface area (Å²) >= 11 is 0. The maximum Gasteiger partial charge on any atom is 0.242 e. The van der Waals surface area contributed by atoms with Crippen LogP contribution >= 0.6 is 0 Å². The van der Waals surface area contributed by atoms with Gasteiger partial charge in [-0.2, -0.15) is 0 Å². The number of piperazine rings is 1. The van der Waals surface area contributed by atoms with Gasteiger partial charge in [0.1, 0.15) is 5.75 Å². The number of benzene rings is 1. The zero-order chi connectivity index (χ0) is 17.0. The van der Waals surface area contributed by atoms with Gasteiger partial charge >= 0.3 is 0 Å². The maximum atomic E-state index is 12.7. The first-order chi connectivity index (χ1) is 11.6. The number of nitrogens with two attached hydrogens (primary N) is 1. The third kappa shape index (κ3) is 3.71. The zero-order valence-corrected chi connectivity index (χ0v) is 14.4. The Morgan fingerprint density at radius 3 is 2.54 bits per heavy atom. The number of amides is 1. The highest BCUT2D eigenvalue weighted by atomic mass is 16.5. The summed E-state index contributed by atoms with van der Waals surface area (Å²) < 4.78 is 10.8. The van der Waals surface area contributed by atoms with Crippen LogP contribution in [0.1, 0.15) is 18.4 Å². The number of carbonyl (C=O) groups excluding carboxylic acids is 1. The number of methoxy groups -OCH3 is 1. The molecule has 2 aliphatic rings. The van der Waals surface area contributed by atoms with Gasteiger partial charge in [0.15, 0.2) is 0 Å². The van der Waals surface area contributed by atoms with Crippen molar-refractivity contribution in [1.29, 1.82) is 0 Å². The summed E-state index contributed by atoms with van der Waals surface area (Å²) in [5, 5.41) is 0. The second-order valence-electron chi connectivity index (χ2n) is 6.65. The summed E-state index contributed by atoms with van der Waals surface area (Å²) in [7, 11) is 1.70. The van der Waals surface area contributed by atoms with Crippen molar-refractivity contribution in [2.45, 2.75) is 24.9 Å². The lowest BCUT2D eigenvalue weighted by atomic mass is 9.89. The fourth-order valence-electron chi connectivity index (χ4n) is 3.45. The van der Waals surface area contributed by atoms with Crippen LogP contribution in [0.2, 0.25) is 0 Å². The molecule has 0 unspecified atom stereocenters. The average Bonchev–Trinajstić information content (AvgIpc) is 2.63. The average molecular weight is 333 g/mol. The third-order valence-corrected chi connectivity index (χ3v) is 5.06. The van der Waals surface area contributed by atoms with E-state index in [4.69, 9.17) is 15.2 Å². The fraction of sp³-hybridized carbons (Fsp3) is 0.611. The van der Waals surface area contributed by atoms with E-state index < -0.39 is 5.54 Å². The lowest BCUT2D eigenvalue weighted by Crippen LogP contribution is -2.61. The molecule has 0 aliphatic carbocycles. The summed E-state index contributed by atoms with van der Waals surface area (Å²) in [4.78, 5) is 17.0. The molecule has 0 spiro atoms. The molecule has 2 aliphatic heterocycles. The van der Waals surface area contributed by atoms with Crippen LogP contribution in [-0.2, 0) is 16.1 Å². The second kappa shape index (κ2) is 7.51. The standard InChI is InChI=1S/C18H27N3O3/c1-23-16-5-3-2-4-15(16)14-20-8-10-21(11-9-20)17(22)18(19)6-12-24-13-7-18/h2-5H,6-14,19H2,1H3. The van der Waals surface area contributed by atoms with E-state index in [1.54, 1.807) is 7.11 Å². The van der Waals surface area contributed by atoms with Crippen LogP contribution in [0.15, 0.2) is 24.3 Å². The van der Waals surface area contributed by atoms with Crippen molar-refractivity contribution >= 4 is 5.91 Å². The number of hydrogen-bond acceptors (Lipinski definition) is 5. The van der Waals surface area contributed by atoms with E-state index in [2.05, 4.69) is 11.0 Å². The molecule has 0 bridgehead atoms. The van der Waals surface area contributed by atoms with Crippen LogP contribution in [-0.4, -0.2) is 67.7 Å². The molecular formula is C18H27N3O3. The SMILES string of the molecule is COc1ccccc1CN1CCN(C(=O)C2(N)CCOCC2)CC1. The highest BCUT2D eigenvalue weighted by Gasteiger charge is 2.39. The molecule has 0 radical (unpaired) electrons. The Bertz CT molecular complexity index is 564. The third-order valence-electron chi connectivity index (χ3n) is 5.06. The van der Waals surface area contributed by atoms with Crippen LogP contribution in [0.4, 0.5) is 0 Å². The van der Waals surface area contributed by atoms with Gasteiger partial charge in [0.25, 0.3) is 0 Å². The van der Waals surface area contributed by atoms with Gasteiger partial charge in [0.05, 0.1) is 12.6 Å². The van der Waals surface area contributed by atoms with Crippen molar-refractivity contribution in [2.75, 3.05) is 46.5 Å². The molecule has 1 aromatic rings. The topological polar surface area (TPSA) is 68.0 Å². The molecule has 6 nitrogen and oxygen atoms in total. The van der Waals surface area contributed by atoms with E-state index in [1.807, 2.05) is 23.1 Å². The quantitative estimate of drug-likeness (QED) is 0.885. The van der Waals surface area contributed by atoms with Crippen molar-refractivity contribution in [3.05, 3.63) is 29.8 Å². The van der Waals surface area contributed by atoms with Crippen LogP contribution < -0.4 is 10.5 Å². The lowest BCUT2D eigenvalue weighted by Gasteiger charge is -2.41. The van der Waals surface area contributed by atoms with Crippen molar-refractivity contribution < 1.29 is 14.3 Å². The number of ether oxygens (including phenoxy) is 2. The molecule has 132 valence electrons. The van der Waals surface area contributed by atoms with Crippen molar-refractivity contribution in [3.63, 3.8) is 0 Å². The Labute approximate surface area is 143 Å². The summed E-state index contributed by atoms with van der Waals surface area (Å²) in [6, 6.07) is 8.08. The van der Waals surface area contributed by atoms with Gasteiger partial charge in [-0.3, -0.25) is 9.69 Å². The van der Waals surface area contributed by atoms with Crippen LogP contribution in [0.25, 0.3) is 0 Å². The molecule has 3 rings (SSSR count). The first-order valence-electron chi connectivity index (χ1n) is 8.63. The number of hydrogen-bond donors (Lipinski definition) is 1. The van der Waals surface area contributed by atoms with E-state index >= 15 is 0 Å². The monoisotopic (exact) mass is 333 g/mol. The van der Waals surface area contributed by atoms with Crippen molar-refractivity contribution in [1.82, 2.24) is 9.80 Å². The van der Waals surface area contributed by atoms with Crippen LogP contribution in [0.3, 0.4) is 0 Å². The Balaban J connectivity index is 1.55. The molecule has 6 heteroatoms. The smallest absolute Gasteiger partial charge is 0.242 e. The molecule has 2 saturated heterocycles. The molecule has 1 aromatic carbocycles. The molecule has 2 heterocycles. The van der Waals surface area contributed by atoms with Gasteiger partial charge < -0.3 is 20.1 Å². The number of rotatable bonds is 4. The van der Waals surface area contributed by atoms with Gasteiger partial charge in [-0.1, -0.05) is 18.2 Å². The number of para-hydroxylation sites is 1. The van der Waals surface area contributed by atoms with E-state index in [0.29, 0.717) is 26.1 Å². The predicted molar refractivity (Wildman–Crippen MR) is 91.8 cm³/mol. The summed E-state index contributed by atoms with van der Waals surface area (Å²) in [5.41, 5.74) is 6.78. The Kier molecular flexibility index (Phi) is 5.38. The summed E-state index contributed by atoms with van der Waals surface area (Å²) in [6.45, 7) is 5.17. The number of nitrogens with zero attached hydrogens (tertiary/aromatic N) is 2. The highest BCUT2D eigenvalue weighted by Crippen LogP contribution is 2.23. The summed E-state index contributed by atoms with van der Waals surface area (Å²) in [6.07, 6.45) is 1.24. The fourth-order valence-corrected chi connectivity index (χ4v) is 3.45. The molecule has 0 saturated carbocycles. The maximum absolute atomic E-state index is 12.7. The van der Waals surface area contributed by atoms with E-state index in [-0.39, 0.29) is 5.91 Å². The second-order valence-corrected chi connectivity index (χ2v) is 6.65. The van der Waals surface area contributed by atoms with Crippen molar-refractivity contribution in [3.8, 4) is 5.75 Å². The van der Waals surface area contributed by atoms with Crippen LogP contribution in [0.5, 0.6) is 5.75 Å². The van der Waals surface area contributed by atoms with E-state index in [0.717, 1.165) is 38.5 Å². The first-order valence-corrected chi connectivity index (χ1v) is 8.63. The zero-order valence-electron chi connectivity index (χ0n) is 14.4. The number of carbonyl (C=O) groups is 1. The molecule has 24 heavy (non-hydrogen) atoms. The van der Waals surface area contributed by atoms with E-state index in [1.165, 1.54) is 5.56 Å². The first kappa shape index (κ1) is 17.2. The Hall–Kier alpha value is -1.63. The minimum absolute atomic E-state index is 0.0859. The lowest BCUT2D eigenvalue weighted by molar-refractivity contribution is -0.142. The predicted octanol–water partition coefficient (Wildman–Crippen LogP) is 0.847. The molecule has 2 N–H and O–H groups in total. The van der Waals surface area contributed by atoms with Gasteiger partial charge in [-0.25, -0.2) is 0 Å². The van der Waals surface area contributed by atoms with Crippen LogP contribution in [0, 0.1) is 0 Å². The van der Waals surface area contributed by atoms with Gasteiger partial charge in [0.2, 0.25) is 5.91 Å². The minimum Gasteiger partial charge on any atom is -0.496 e. The summed E-state index contributed by atoms with van der Waals surface area (Å²) in [5.74, 6) is 1.00. The molecule has 2 fully saturated rings. The molecular weight excluding hydrogens is 306 g/mol.